The summed E-state index contributed by atoms with van der Waals surface area (Å²) in [6, 6.07) is 18.8. The Morgan fingerprint density at radius 1 is 1.00 bits per heavy atom. The van der Waals surface area contributed by atoms with Crippen molar-refractivity contribution in [2.24, 2.45) is 11.1 Å². The molecule has 44 heavy (non-hydrogen) atoms. The summed E-state index contributed by atoms with van der Waals surface area (Å²) in [5.74, 6) is -2.00. The number of benzene rings is 3. The second-order valence-corrected chi connectivity index (χ2v) is 13.6. The standard InChI is InChI=1S/C29H24N4O8S3/c1-40-17-10-8-16(9-11-17)33-27(35)23-22(24-26(32-29(37)43-24)42-25(23)28(33)36)19-4-2-3-5-20(19)41-14-21(34)31-15-6-12-18(13-7-15)44(30,38)39/h2-13,22-23,25H,14H2,1H3,(H,31,34)(H,32,37)(H2,30,38,39). The van der Waals surface area contributed by atoms with Crippen LogP contribution in [0, 0.1) is 5.92 Å². The third kappa shape index (κ3) is 5.50. The Balaban J connectivity index is 1.29. The van der Waals surface area contributed by atoms with Gasteiger partial charge in [0, 0.05) is 22.0 Å². The lowest BCUT2D eigenvalue weighted by Crippen LogP contribution is -2.32. The lowest BCUT2D eigenvalue weighted by atomic mass is 9.82. The van der Waals surface area contributed by atoms with Crippen LogP contribution in [0.3, 0.4) is 0 Å². The van der Waals surface area contributed by atoms with Crippen molar-refractivity contribution in [3.8, 4) is 11.5 Å². The van der Waals surface area contributed by atoms with Gasteiger partial charge in [0.2, 0.25) is 21.8 Å². The van der Waals surface area contributed by atoms with Crippen LogP contribution >= 0.6 is 23.1 Å². The summed E-state index contributed by atoms with van der Waals surface area (Å²) >= 11 is 2.13. The fourth-order valence-electron chi connectivity index (χ4n) is 5.28. The average molecular weight is 653 g/mol. The van der Waals surface area contributed by atoms with Crippen LogP contribution in [-0.4, -0.2) is 50.1 Å². The number of ether oxygens (including phenoxy) is 2. The zero-order valence-electron chi connectivity index (χ0n) is 22.9. The number of nitrogens with zero attached hydrogens (tertiary/aromatic N) is 1. The molecule has 12 nitrogen and oxygen atoms in total. The maximum absolute atomic E-state index is 14.0. The van der Waals surface area contributed by atoms with Crippen LogP contribution in [0.2, 0.25) is 0 Å². The molecule has 3 heterocycles. The highest BCUT2D eigenvalue weighted by molar-refractivity contribution is 8.00. The summed E-state index contributed by atoms with van der Waals surface area (Å²) in [5, 5.41) is 7.46. The van der Waals surface area contributed by atoms with E-state index in [-0.39, 0.29) is 9.77 Å². The van der Waals surface area contributed by atoms with E-state index >= 15 is 0 Å². The van der Waals surface area contributed by atoms with Gasteiger partial charge in [0.15, 0.2) is 6.61 Å². The van der Waals surface area contributed by atoms with Crippen molar-refractivity contribution >= 4 is 62.2 Å². The Kier molecular flexibility index (Phi) is 7.79. The summed E-state index contributed by atoms with van der Waals surface area (Å²) in [7, 11) is -2.36. The van der Waals surface area contributed by atoms with Crippen LogP contribution in [-0.2, 0) is 24.4 Å². The number of thioether (sulfide) groups is 1. The van der Waals surface area contributed by atoms with E-state index in [4.69, 9.17) is 14.6 Å². The number of anilines is 2. The second-order valence-electron chi connectivity index (χ2n) is 9.90. The van der Waals surface area contributed by atoms with Gasteiger partial charge in [-0.05, 0) is 54.6 Å². The third-order valence-corrected chi connectivity index (χ3v) is 10.6. The number of nitrogens with one attached hydrogen (secondary N) is 2. The van der Waals surface area contributed by atoms with Crippen molar-refractivity contribution in [3.63, 3.8) is 0 Å². The van der Waals surface area contributed by atoms with Crippen LogP contribution in [0.5, 0.6) is 11.5 Å². The average Bonchev–Trinajstić information content (AvgIpc) is 3.50. The Bertz CT molecular complexity index is 1940. The molecule has 3 amide bonds. The lowest BCUT2D eigenvalue weighted by molar-refractivity contribution is -0.122. The molecule has 0 saturated carbocycles. The topological polar surface area (TPSA) is 178 Å². The fraction of sp³-hybridized carbons (Fsp3) is 0.172. The van der Waals surface area contributed by atoms with Crippen molar-refractivity contribution in [2.75, 3.05) is 23.9 Å². The predicted molar refractivity (Wildman–Crippen MR) is 164 cm³/mol. The number of fused-ring (bicyclic) bond motifs is 2. The molecule has 226 valence electrons. The molecular formula is C29H24N4O8S3. The van der Waals surface area contributed by atoms with E-state index < -0.39 is 51.4 Å². The first-order chi connectivity index (χ1) is 21.0. The summed E-state index contributed by atoms with van der Waals surface area (Å²) in [6.45, 7) is -0.412. The van der Waals surface area contributed by atoms with Crippen molar-refractivity contribution < 1.29 is 32.3 Å². The second kappa shape index (κ2) is 11.6. The number of nitrogens with two attached hydrogens (primary N) is 1. The van der Waals surface area contributed by atoms with Crippen molar-refractivity contribution in [1.82, 2.24) is 4.98 Å². The maximum atomic E-state index is 14.0. The van der Waals surface area contributed by atoms with E-state index in [9.17, 15) is 27.6 Å². The van der Waals surface area contributed by atoms with E-state index in [1.165, 1.54) is 36.3 Å². The fourth-order valence-corrected chi connectivity index (χ4v) is 8.30. The molecular weight excluding hydrogens is 629 g/mol. The number of carbonyl (C=O) groups excluding carboxylic acids is 3. The first-order valence-corrected chi connectivity index (χ1v) is 16.4. The summed E-state index contributed by atoms with van der Waals surface area (Å²) in [6.07, 6.45) is 0. The molecule has 0 aliphatic carbocycles. The van der Waals surface area contributed by atoms with Crippen LogP contribution in [0.25, 0.3) is 0 Å². The summed E-state index contributed by atoms with van der Waals surface area (Å²) in [4.78, 5) is 57.0. The number of imide groups is 1. The monoisotopic (exact) mass is 652 g/mol. The number of hydrogen-bond acceptors (Lipinski definition) is 10. The molecule has 4 N–H and O–H groups in total. The Morgan fingerprint density at radius 2 is 1.70 bits per heavy atom. The molecule has 1 fully saturated rings. The molecule has 1 saturated heterocycles. The number of amides is 3. The smallest absolute Gasteiger partial charge is 0.305 e. The van der Waals surface area contributed by atoms with E-state index in [1.54, 1.807) is 48.5 Å². The molecule has 6 rings (SSSR count). The van der Waals surface area contributed by atoms with E-state index in [2.05, 4.69) is 10.3 Å². The molecule has 15 heteroatoms. The van der Waals surface area contributed by atoms with Gasteiger partial charge in [0.05, 0.1) is 28.6 Å². The van der Waals surface area contributed by atoms with Crippen LogP contribution in [0.1, 0.15) is 16.4 Å². The van der Waals surface area contributed by atoms with Crippen LogP contribution in [0.4, 0.5) is 11.4 Å². The highest BCUT2D eigenvalue weighted by Crippen LogP contribution is 2.54. The van der Waals surface area contributed by atoms with Gasteiger partial charge in [-0.25, -0.2) is 18.5 Å². The number of H-pyrrole nitrogens is 1. The van der Waals surface area contributed by atoms with E-state index in [0.717, 1.165) is 23.1 Å². The minimum atomic E-state index is -3.88. The van der Waals surface area contributed by atoms with Crippen LogP contribution in [0.15, 0.2) is 87.5 Å². The predicted octanol–water partition coefficient (Wildman–Crippen LogP) is 2.91. The largest absolute Gasteiger partial charge is 0.497 e. The maximum Gasteiger partial charge on any atom is 0.305 e. The van der Waals surface area contributed by atoms with Crippen LogP contribution < -0.4 is 29.7 Å². The Morgan fingerprint density at radius 3 is 2.39 bits per heavy atom. The number of primary sulfonamides is 1. The quantitative estimate of drug-likeness (QED) is 0.242. The van der Waals surface area contributed by atoms with Crippen molar-refractivity contribution in [2.45, 2.75) is 21.1 Å². The minimum absolute atomic E-state index is 0.0958. The molecule has 4 aromatic rings. The van der Waals surface area contributed by atoms with Gasteiger partial charge < -0.3 is 19.8 Å². The molecule has 0 radical (unpaired) electrons. The zero-order valence-corrected chi connectivity index (χ0v) is 25.3. The number of aromatic nitrogens is 1. The van der Waals surface area contributed by atoms with Crippen molar-refractivity contribution in [1.29, 1.82) is 0 Å². The number of rotatable bonds is 8. The molecule has 1 aromatic heterocycles. The number of aromatic amines is 1. The van der Waals surface area contributed by atoms with Gasteiger partial charge in [0.25, 0.3) is 5.91 Å². The highest BCUT2D eigenvalue weighted by atomic mass is 32.2. The number of thiazole rings is 1. The molecule has 0 spiro atoms. The highest BCUT2D eigenvalue weighted by Gasteiger charge is 2.56. The van der Waals surface area contributed by atoms with Gasteiger partial charge in [-0.1, -0.05) is 41.3 Å². The van der Waals surface area contributed by atoms with Gasteiger partial charge in [0.1, 0.15) is 16.7 Å². The number of hydrogen-bond donors (Lipinski definition) is 3. The Hall–Kier alpha value is -4.44. The number of sulfonamides is 1. The normalized spacial score (nSPS) is 19.3. The summed E-state index contributed by atoms with van der Waals surface area (Å²) in [5.41, 5.74) is 1.29. The molecule has 3 aromatic carbocycles. The van der Waals surface area contributed by atoms with E-state index in [1.807, 2.05) is 0 Å². The molecule has 2 aliphatic heterocycles. The van der Waals surface area contributed by atoms with Gasteiger partial charge in [-0.3, -0.25) is 19.2 Å². The Labute approximate surface area is 259 Å². The van der Waals surface area contributed by atoms with E-state index in [0.29, 0.717) is 38.3 Å². The SMILES string of the molecule is COc1ccc(N2C(=O)C3Sc4[nH]c(=O)sc4C(c4ccccc4OCC(=O)Nc4ccc(S(N)(=O)=O)cc4)C3C2=O)cc1. The molecule has 3 atom stereocenters. The first-order valence-electron chi connectivity index (χ1n) is 13.1. The molecule has 0 bridgehead atoms. The van der Waals surface area contributed by atoms with Gasteiger partial charge in [-0.2, -0.15) is 0 Å². The number of carbonyl (C=O) groups is 3. The number of para-hydroxylation sites is 1. The molecule has 2 aliphatic rings. The minimum Gasteiger partial charge on any atom is -0.497 e. The van der Waals surface area contributed by atoms with Gasteiger partial charge >= 0.3 is 4.87 Å². The first kappa shape index (κ1) is 29.6. The van der Waals surface area contributed by atoms with Crippen molar-refractivity contribution in [3.05, 3.63) is 92.9 Å². The zero-order chi connectivity index (χ0) is 31.2. The third-order valence-electron chi connectivity index (χ3n) is 7.23. The summed E-state index contributed by atoms with van der Waals surface area (Å²) < 4.78 is 34.1. The molecule has 3 unspecified atom stereocenters. The van der Waals surface area contributed by atoms with Gasteiger partial charge in [-0.15, -0.1) is 0 Å². The number of methoxy groups -OCH3 is 1. The lowest BCUT2D eigenvalue weighted by Gasteiger charge is -2.30.